The second-order valence-electron chi connectivity index (χ2n) is 5.21. The molecular formula is C18H17ClN2O2. The summed E-state index contributed by atoms with van der Waals surface area (Å²) in [6, 6.07) is 15.1. The Bertz CT molecular complexity index is 781. The topological polar surface area (TPSA) is 47.3 Å². The molecule has 0 saturated heterocycles. The largest absolute Gasteiger partial charge is 0.455 e. The number of nitrogens with zero attached hydrogens (tertiary/aromatic N) is 1. The Morgan fingerprint density at radius 3 is 2.61 bits per heavy atom. The van der Waals surface area contributed by atoms with Gasteiger partial charge in [0.25, 0.3) is 0 Å². The van der Waals surface area contributed by atoms with Crippen molar-refractivity contribution in [1.29, 1.82) is 0 Å². The first-order valence-electron chi connectivity index (χ1n) is 7.31. The van der Waals surface area contributed by atoms with Gasteiger partial charge in [-0.1, -0.05) is 35.0 Å². The first-order valence-corrected chi connectivity index (χ1v) is 7.69. The number of rotatable bonds is 5. The molecule has 1 heterocycles. The minimum absolute atomic E-state index is 0.590. The summed E-state index contributed by atoms with van der Waals surface area (Å²) >= 11 is 6.12. The molecule has 0 radical (unpaired) electrons. The Kier molecular flexibility index (Phi) is 4.53. The fourth-order valence-electron chi connectivity index (χ4n) is 2.28. The van der Waals surface area contributed by atoms with Crippen molar-refractivity contribution in [3.63, 3.8) is 0 Å². The Morgan fingerprint density at radius 1 is 1.13 bits per heavy atom. The van der Waals surface area contributed by atoms with Crippen LogP contribution in [0.2, 0.25) is 5.02 Å². The Labute approximate surface area is 140 Å². The number of aryl methyl sites for hydroxylation is 2. The molecule has 23 heavy (non-hydrogen) atoms. The van der Waals surface area contributed by atoms with Crippen LogP contribution in [-0.4, -0.2) is 5.16 Å². The molecule has 118 valence electrons. The molecule has 0 fully saturated rings. The van der Waals surface area contributed by atoms with Crippen LogP contribution in [0.1, 0.15) is 17.0 Å². The third-order valence-corrected chi connectivity index (χ3v) is 3.78. The molecular weight excluding hydrogens is 312 g/mol. The van der Waals surface area contributed by atoms with E-state index in [0.29, 0.717) is 17.3 Å². The number of halogens is 1. The molecule has 0 spiro atoms. The molecule has 0 bridgehead atoms. The molecule has 0 aliphatic rings. The van der Waals surface area contributed by atoms with Gasteiger partial charge in [0.2, 0.25) is 0 Å². The monoisotopic (exact) mass is 328 g/mol. The standard InChI is InChI=1S/C18H17ClN2O2/c1-12-16(13(2)23-21-12)11-20-17-10-14(19)8-9-18(17)22-15-6-4-3-5-7-15/h3-10,20H,11H2,1-2H3. The van der Waals surface area contributed by atoms with Gasteiger partial charge < -0.3 is 14.6 Å². The lowest BCUT2D eigenvalue weighted by molar-refractivity contribution is 0.392. The Hall–Kier alpha value is -2.46. The fourth-order valence-corrected chi connectivity index (χ4v) is 2.45. The molecule has 0 aliphatic carbocycles. The third-order valence-electron chi connectivity index (χ3n) is 3.55. The summed E-state index contributed by atoms with van der Waals surface area (Å²) in [4.78, 5) is 0. The van der Waals surface area contributed by atoms with E-state index in [4.69, 9.17) is 20.9 Å². The molecule has 4 nitrogen and oxygen atoms in total. The fraction of sp³-hybridized carbons (Fsp3) is 0.167. The number of benzene rings is 2. The van der Waals surface area contributed by atoms with E-state index >= 15 is 0 Å². The second kappa shape index (κ2) is 6.75. The zero-order chi connectivity index (χ0) is 16.2. The van der Waals surface area contributed by atoms with Crippen molar-refractivity contribution >= 4 is 17.3 Å². The Morgan fingerprint density at radius 2 is 1.91 bits per heavy atom. The maximum atomic E-state index is 6.12. The number of hydrogen-bond donors (Lipinski definition) is 1. The summed E-state index contributed by atoms with van der Waals surface area (Å²) in [5, 5.41) is 7.96. The first kappa shape index (κ1) is 15.4. The Balaban J connectivity index is 1.82. The highest BCUT2D eigenvalue weighted by Crippen LogP contribution is 2.32. The number of para-hydroxylation sites is 1. The summed E-state index contributed by atoms with van der Waals surface area (Å²) in [5.41, 5.74) is 2.74. The van der Waals surface area contributed by atoms with Crippen LogP contribution < -0.4 is 10.1 Å². The van der Waals surface area contributed by atoms with E-state index in [9.17, 15) is 0 Å². The van der Waals surface area contributed by atoms with E-state index in [-0.39, 0.29) is 0 Å². The van der Waals surface area contributed by atoms with Crippen LogP contribution in [0.25, 0.3) is 0 Å². The third kappa shape index (κ3) is 3.66. The van der Waals surface area contributed by atoms with Gasteiger partial charge >= 0.3 is 0 Å². The van der Waals surface area contributed by atoms with E-state index in [0.717, 1.165) is 28.5 Å². The molecule has 0 amide bonds. The molecule has 0 unspecified atom stereocenters. The molecule has 2 aromatic carbocycles. The average Bonchev–Trinajstić information content (AvgIpc) is 2.87. The lowest BCUT2D eigenvalue weighted by atomic mass is 10.2. The van der Waals surface area contributed by atoms with Gasteiger partial charge in [0.05, 0.1) is 11.4 Å². The van der Waals surface area contributed by atoms with Gasteiger partial charge in [-0.2, -0.15) is 0 Å². The summed E-state index contributed by atoms with van der Waals surface area (Å²) in [6.45, 7) is 4.41. The maximum Gasteiger partial charge on any atom is 0.150 e. The molecule has 3 aromatic rings. The number of anilines is 1. The molecule has 0 saturated carbocycles. The number of aromatic nitrogens is 1. The first-order chi connectivity index (χ1) is 11.1. The highest BCUT2D eigenvalue weighted by molar-refractivity contribution is 6.30. The molecule has 1 aromatic heterocycles. The van der Waals surface area contributed by atoms with Crippen molar-refractivity contribution in [3.8, 4) is 11.5 Å². The van der Waals surface area contributed by atoms with E-state index in [1.54, 1.807) is 6.07 Å². The van der Waals surface area contributed by atoms with Gasteiger partial charge in [0.15, 0.2) is 5.75 Å². The number of ether oxygens (including phenoxy) is 1. The van der Waals surface area contributed by atoms with Gasteiger partial charge in [0.1, 0.15) is 11.5 Å². The molecule has 1 N–H and O–H groups in total. The van der Waals surface area contributed by atoms with Crippen molar-refractivity contribution in [2.45, 2.75) is 20.4 Å². The highest BCUT2D eigenvalue weighted by atomic mass is 35.5. The summed E-state index contributed by atoms with van der Waals surface area (Å²) in [5.74, 6) is 2.30. The lowest BCUT2D eigenvalue weighted by Crippen LogP contribution is -2.03. The van der Waals surface area contributed by atoms with E-state index in [2.05, 4.69) is 10.5 Å². The van der Waals surface area contributed by atoms with Crippen molar-refractivity contribution in [2.75, 3.05) is 5.32 Å². The molecule has 0 atom stereocenters. The van der Waals surface area contributed by atoms with Crippen LogP contribution in [0.5, 0.6) is 11.5 Å². The van der Waals surface area contributed by atoms with Gasteiger partial charge in [0, 0.05) is 17.1 Å². The van der Waals surface area contributed by atoms with Gasteiger partial charge in [-0.15, -0.1) is 0 Å². The lowest BCUT2D eigenvalue weighted by Gasteiger charge is -2.13. The minimum Gasteiger partial charge on any atom is -0.455 e. The molecule has 0 aliphatic heterocycles. The van der Waals surface area contributed by atoms with E-state index < -0.39 is 0 Å². The van der Waals surface area contributed by atoms with Crippen LogP contribution in [0.15, 0.2) is 53.1 Å². The maximum absolute atomic E-state index is 6.12. The zero-order valence-corrected chi connectivity index (χ0v) is 13.7. The number of hydrogen-bond acceptors (Lipinski definition) is 4. The van der Waals surface area contributed by atoms with Crippen LogP contribution in [-0.2, 0) is 6.54 Å². The average molecular weight is 329 g/mol. The summed E-state index contributed by atoms with van der Waals surface area (Å²) < 4.78 is 11.1. The van der Waals surface area contributed by atoms with E-state index in [1.807, 2.05) is 56.3 Å². The highest BCUT2D eigenvalue weighted by Gasteiger charge is 2.11. The molecule has 5 heteroatoms. The molecule has 3 rings (SSSR count). The van der Waals surface area contributed by atoms with Crippen molar-refractivity contribution in [1.82, 2.24) is 5.16 Å². The van der Waals surface area contributed by atoms with Crippen LogP contribution >= 0.6 is 11.6 Å². The van der Waals surface area contributed by atoms with Gasteiger partial charge in [-0.25, -0.2) is 0 Å². The van der Waals surface area contributed by atoms with Crippen molar-refractivity contribution in [2.24, 2.45) is 0 Å². The summed E-state index contributed by atoms with van der Waals surface area (Å²) in [6.07, 6.45) is 0. The van der Waals surface area contributed by atoms with Gasteiger partial charge in [-0.05, 0) is 44.2 Å². The smallest absolute Gasteiger partial charge is 0.150 e. The van der Waals surface area contributed by atoms with Crippen LogP contribution in [0.4, 0.5) is 5.69 Å². The van der Waals surface area contributed by atoms with Crippen LogP contribution in [0, 0.1) is 13.8 Å². The van der Waals surface area contributed by atoms with Gasteiger partial charge in [-0.3, -0.25) is 0 Å². The zero-order valence-electron chi connectivity index (χ0n) is 13.0. The quantitative estimate of drug-likeness (QED) is 0.686. The van der Waals surface area contributed by atoms with Crippen molar-refractivity contribution in [3.05, 3.63) is 70.6 Å². The number of nitrogens with one attached hydrogen (secondary N) is 1. The second-order valence-corrected chi connectivity index (χ2v) is 5.65. The predicted molar refractivity (Wildman–Crippen MR) is 91.3 cm³/mol. The van der Waals surface area contributed by atoms with E-state index in [1.165, 1.54) is 0 Å². The summed E-state index contributed by atoms with van der Waals surface area (Å²) in [7, 11) is 0. The minimum atomic E-state index is 0.590. The van der Waals surface area contributed by atoms with Crippen molar-refractivity contribution < 1.29 is 9.26 Å². The predicted octanol–water partition coefficient (Wildman–Crippen LogP) is 5.35. The van der Waals surface area contributed by atoms with Crippen LogP contribution in [0.3, 0.4) is 0 Å². The normalized spacial score (nSPS) is 10.6. The SMILES string of the molecule is Cc1noc(C)c1CNc1cc(Cl)ccc1Oc1ccccc1.